The lowest BCUT2D eigenvalue weighted by Crippen LogP contribution is -2.47. The maximum atomic E-state index is 13.5. The highest BCUT2D eigenvalue weighted by Gasteiger charge is 2.55. The van der Waals surface area contributed by atoms with E-state index in [1.807, 2.05) is 37.3 Å². The van der Waals surface area contributed by atoms with Crippen molar-refractivity contribution in [3.63, 3.8) is 0 Å². The van der Waals surface area contributed by atoms with Gasteiger partial charge >= 0.3 is 0 Å². The van der Waals surface area contributed by atoms with Crippen LogP contribution in [0.1, 0.15) is 34.0 Å². The molecule has 3 aromatic carbocycles. The van der Waals surface area contributed by atoms with Crippen molar-refractivity contribution in [2.45, 2.75) is 26.0 Å². The van der Waals surface area contributed by atoms with Crippen molar-refractivity contribution in [2.24, 2.45) is 5.92 Å². The van der Waals surface area contributed by atoms with Crippen molar-refractivity contribution in [3.05, 3.63) is 100 Å². The summed E-state index contributed by atoms with van der Waals surface area (Å²) in [6.07, 6.45) is 0. The first kappa shape index (κ1) is 20.3. The second-order valence-corrected chi connectivity index (χ2v) is 8.19. The quantitative estimate of drug-likeness (QED) is 0.598. The Hall–Kier alpha value is -2.95. The van der Waals surface area contributed by atoms with Gasteiger partial charge in [-0.15, -0.1) is 0 Å². The molecule has 152 valence electrons. The van der Waals surface area contributed by atoms with E-state index in [0.29, 0.717) is 28.4 Å². The largest absolute Gasteiger partial charge is 0.375 e. The van der Waals surface area contributed by atoms with E-state index in [9.17, 15) is 14.7 Å². The topological polar surface area (TPSA) is 57.6 Å². The van der Waals surface area contributed by atoms with E-state index in [4.69, 9.17) is 11.6 Å². The lowest BCUT2D eigenvalue weighted by atomic mass is 9.79. The first-order chi connectivity index (χ1) is 14.3. The number of halogens is 1. The number of rotatable bonds is 5. The monoisotopic (exact) mass is 419 g/mol. The maximum Gasteiger partial charge on any atom is 0.264 e. The molecule has 3 aromatic rings. The molecule has 0 saturated carbocycles. The highest BCUT2D eigenvalue weighted by atomic mass is 35.5. The molecule has 1 aliphatic rings. The number of nitrogens with zero attached hydrogens (tertiary/aromatic N) is 1. The number of amides is 1. The SMILES string of the molecule is Cc1ccc(CN2C(=O)[C@](O)([C@H](C)C(=O)c3ccccc3)c3cc(Cl)ccc32)cc1. The predicted octanol–water partition coefficient (Wildman–Crippen LogP) is 4.90. The number of aryl methyl sites for hydroxylation is 1. The Morgan fingerprint density at radius 1 is 1.07 bits per heavy atom. The highest BCUT2D eigenvalue weighted by Crippen LogP contribution is 2.47. The van der Waals surface area contributed by atoms with Crippen LogP contribution in [0, 0.1) is 12.8 Å². The first-order valence-corrected chi connectivity index (χ1v) is 10.2. The maximum absolute atomic E-state index is 13.5. The molecule has 4 nitrogen and oxygen atoms in total. The van der Waals surface area contributed by atoms with Gasteiger partial charge in [-0.1, -0.05) is 78.7 Å². The Labute approximate surface area is 180 Å². The van der Waals surface area contributed by atoms with Gasteiger partial charge in [0.2, 0.25) is 0 Å². The number of ketones is 1. The van der Waals surface area contributed by atoms with E-state index in [1.165, 1.54) is 4.90 Å². The summed E-state index contributed by atoms with van der Waals surface area (Å²) in [4.78, 5) is 28.2. The van der Waals surface area contributed by atoms with Crippen LogP contribution in [0.25, 0.3) is 0 Å². The van der Waals surface area contributed by atoms with Gasteiger partial charge in [-0.2, -0.15) is 0 Å². The van der Waals surface area contributed by atoms with Gasteiger partial charge in [-0.05, 0) is 30.7 Å². The van der Waals surface area contributed by atoms with Crippen molar-refractivity contribution in [1.82, 2.24) is 0 Å². The number of hydrogen-bond acceptors (Lipinski definition) is 3. The number of aliphatic hydroxyl groups is 1. The molecular formula is C25H22ClNO3. The van der Waals surface area contributed by atoms with Crippen molar-refractivity contribution in [3.8, 4) is 0 Å². The molecule has 4 rings (SSSR count). The molecule has 1 amide bonds. The van der Waals surface area contributed by atoms with Crippen molar-refractivity contribution in [1.29, 1.82) is 0 Å². The van der Waals surface area contributed by atoms with Crippen LogP contribution in [-0.2, 0) is 16.9 Å². The Bertz CT molecular complexity index is 1110. The molecule has 0 fully saturated rings. The average molecular weight is 420 g/mol. The van der Waals surface area contributed by atoms with Crippen molar-refractivity contribution in [2.75, 3.05) is 4.90 Å². The van der Waals surface area contributed by atoms with E-state index in [2.05, 4.69) is 0 Å². The summed E-state index contributed by atoms with van der Waals surface area (Å²) in [6, 6.07) is 21.6. The number of Topliss-reactive ketones (excluding diaryl/α,β-unsaturated/α-hetero) is 1. The van der Waals surface area contributed by atoms with Gasteiger partial charge in [0, 0.05) is 16.1 Å². The standard InChI is InChI=1S/C25H22ClNO3/c1-16-8-10-18(11-9-16)15-27-22-13-12-20(26)14-21(22)25(30,24(27)29)17(2)23(28)19-6-4-3-5-7-19/h3-14,17,30H,15H2,1-2H3/t17-,25+/m1/s1. The minimum absolute atomic E-state index is 0.294. The minimum atomic E-state index is -1.99. The van der Waals surface area contributed by atoms with Gasteiger partial charge in [0.05, 0.1) is 18.2 Å². The van der Waals surface area contributed by atoms with Crippen LogP contribution >= 0.6 is 11.6 Å². The number of fused-ring (bicyclic) bond motifs is 1. The summed E-state index contributed by atoms with van der Waals surface area (Å²) in [5.74, 6) is -1.79. The van der Waals surface area contributed by atoms with E-state index < -0.39 is 17.4 Å². The van der Waals surface area contributed by atoms with Crippen molar-refractivity contribution >= 4 is 29.0 Å². The molecule has 30 heavy (non-hydrogen) atoms. The molecule has 0 bridgehead atoms. The van der Waals surface area contributed by atoms with Gasteiger partial charge in [0.1, 0.15) is 0 Å². The molecule has 2 atom stereocenters. The zero-order valence-electron chi connectivity index (χ0n) is 16.8. The molecule has 0 radical (unpaired) electrons. The van der Waals surface area contributed by atoms with Crippen LogP contribution < -0.4 is 4.90 Å². The normalized spacial score (nSPS) is 18.9. The molecule has 1 aliphatic heterocycles. The third-order valence-electron chi connectivity index (χ3n) is 5.77. The number of anilines is 1. The van der Waals surface area contributed by atoms with Crippen molar-refractivity contribution < 1.29 is 14.7 Å². The zero-order valence-corrected chi connectivity index (χ0v) is 17.6. The number of carbonyl (C=O) groups excluding carboxylic acids is 2. The van der Waals surface area contributed by atoms with Crippen LogP contribution in [0.15, 0.2) is 72.8 Å². The van der Waals surface area contributed by atoms with E-state index in [-0.39, 0.29) is 5.78 Å². The predicted molar refractivity (Wildman–Crippen MR) is 118 cm³/mol. The molecule has 0 aliphatic carbocycles. The summed E-state index contributed by atoms with van der Waals surface area (Å²) in [6.45, 7) is 3.88. The molecule has 5 heteroatoms. The van der Waals surface area contributed by atoms with Gasteiger partial charge in [-0.3, -0.25) is 9.59 Å². The van der Waals surface area contributed by atoms with E-state index in [1.54, 1.807) is 49.4 Å². The molecular weight excluding hydrogens is 398 g/mol. The Kier molecular flexibility index (Phi) is 5.22. The smallest absolute Gasteiger partial charge is 0.264 e. The molecule has 1 heterocycles. The lowest BCUT2D eigenvalue weighted by Gasteiger charge is -2.28. The lowest BCUT2D eigenvalue weighted by molar-refractivity contribution is -0.139. The fourth-order valence-electron chi connectivity index (χ4n) is 3.97. The Morgan fingerprint density at radius 2 is 1.73 bits per heavy atom. The number of benzene rings is 3. The number of hydrogen-bond donors (Lipinski definition) is 1. The molecule has 0 unspecified atom stereocenters. The summed E-state index contributed by atoms with van der Waals surface area (Å²) in [5.41, 5.74) is 1.45. The number of carbonyl (C=O) groups is 2. The molecule has 0 aromatic heterocycles. The first-order valence-electron chi connectivity index (χ1n) is 9.81. The Morgan fingerprint density at radius 3 is 2.40 bits per heavy atom. The summed E-state index contributed by atoms with van der Waals surface area (Å²) in [5, 5.41) is 12.1. The minimum Gasteiger partial charge on any atom is -0.375 e. The van der Waals surface area contributed by atoms with Crippen LogP contribution in [0.2, 0.25) is 5.02 Å². The Balaban J connectivity index is 1.76. The molecule has 1 N–H and O–H groups in total. The summed E-state index contributed by atoms with van der Waals surface area (Å²) >= 11 is 6.20. The van der Waals surface area contributed by atoms with Crippen LogP contribution in [0.5, 0.6) is 0 Å². The zero-order chi connectivity index (χ0) is 21.5. The third-order valence-corrected chi connectivity index (χ3v) is 6.01. The molecule has 0 spiro atoms. The van der Waals surface area contributed by atoms with Gasteiger partial charge in [-0.25, -0.2) is 0 Å². The summed E-state index contributed by atoms with van der Waals surface area (Å²) in [7, 11) is 0. The second-order valence-electron chi connectivity index (χ2n) is 7.76. The van der Waals surface area contributed by atoms with Gasteiger partial charge in [0.25, 0.3) is 5.91 Å². The molecule has 0 saturated heterocycles. The highest BCUT2D eigenvalue weighted by molar-refractivity contribution is 6.31. The van der Waals surface area contributed by atoms with Crippen LogP contribution in [-0.4, -0.2) is 16.8 Å². The third kappa shape index (κ3) is 3.32. The van der Waals surface area contributed by atoms with Gasteiger partial charge in [0.15, 0.2) is 11.4 Å². The fourth-order valence-corrected chi connectivity index (χ4v) is 4.15. The van der Waals surface area contributed by atoms with Gasteiger partial charge < -0.3 is 10.0 Å². The second kappa shape index (κ2) is 7.71. The van der Waals surface area contributed by atoms with E-state index in [0.717, 1.165) is 11.1 Å². The summed E-state index contributed by atoms with van der Waals surface area (Å²) < 4.78 is 0. The fraction of sp³-hybridized carbons (Fsp3) is 0.200. The average Bonchev–Trinajstić information content (AvgIpc) is 2.97. The van der Waals surface area contributed by atoms with E-state index >= 15 is 0 Å². The van der Waals surface area contributed by atoms with Crippen LogP contribution in [0.3, 0.4) is 0 Å². The van der Waals surface area contributed by atoms with Crippen LogP contribution in [0.4, 0.5) is 5.69 Å².